The predicted molar refractivity (Wildman–Crippen MR) is 73.2 cm³/mol. The van der Waals surface area contributed by atoms with Crippen LogP contribution in [0.25, 0.3) is 0 Å². The van der Waals surface area contributed by atoms with E-state index >= 15 is 0 Å². The molecule has 22 heavy (non-hydrogen) atoms. The molecule has 0 heterocycles. The molecule has 0 saturated heterocycles. The van der Waals surface area contributed by atoms with Crippen LogP contribution in [-0.4, -0.2) is 18.3 Å². The molecule has 0 bridgehead atoms. The topological polar surface area (TPSA) is 29.5 Å². The van der Waals surface area contributed by atoms with Crippen molar-refractivity contribution in [2.75, 3.05) is 13.2 Å². The van der Waals surface area contributed by atoms with Gasteiger partial charge in [-0.15, -0.1) is 0 Å². The quantitative estimate of drug-likeness (QED) is 0.845. The Morgan fingerprint density at radius 3 is 2.41 bits per heavy atom. The average Bonchev–Trinajstić information content (AvgIpc) is 2.49. The first-order chi connectivity index (χ1) is 10.4. The molecule has 2 aromatic carbocycles. The molecule has 0 aliphatic carbocycles. The highest BCUT2D eigenvalue weighted by atomic mass is 19.4. The summed E-state index contributed by atoms with van der Waals surface area (Å²) in [6.07, 6.45) is -4.46. The van der Waals surface area contributed by atoms with Crippen LogP contribution in [0.15, 0.2) is 48.5 Å². The van der Waals surface area contributed by atoms with Gasteiger partial charge in [-0.1, -0.05) is 30.3 Å². The van der Waals surface area contributed by atoms with E-state index in [1.807, 2.05) is 0 Å². The third kappa shape index (κ3) is 3.98. The number of hydrogen-bond acceptors (Lipinski definition) is 2. The molecular weight excluding hydrogens is 300 g/mol. The van der Waals surface area contributed by atoms with Crippen LogP contribution in [0.5, 0.6) is 5.75 Å². The Hall–Kier alpha value is -2.08. The van der Waals surface area contributed by atoms with E-state index in [1.165, 1.54) is 30.3 Å². The highest BCUT2D eigenvalue weighted by molar-refractivity contribution is 5.29. The monoisotopic (exact) mass is 314 g/mol. The van der Waals surface area contributed by atoms with Gasteiger partial charge in [-0.25, -0.2) is 4.39 Å². The maximum atomic E-state index is 13.4. The molecule has 1 N–H and O–H groups in total. The van der Waals surface area contributed by atoms with E-state index in [2.05, 4.69) is 0 Å². The normalized spacial score (nSPS) is 13.0. The molecule has 0 aliphatic rings. The number of ether oxygens (including phenoxy) is 1. The molecule has 1 atom stereocenters. The average molecular weight is 314 g/mol. The fraction of sp³-hybridized carbons (Fsp3) is 0.250. The smallest absolute Gasteiger partial charge is 0.416 e. The van der Waals surface area contributed by atoms with Crippen LogP contribution in [0.4, 0.5) is 17.6 Å². The number of alkyl halides is 3. The second-order valence-electron chi connectivity index (χ2n) is 4.74. The summed E-state index contributed by atoms with van der Waals surface area (Å²) in [7, 11) is 0. The van der Waals surface area contributed by atoms with Crippen LogP contribution in [0.3, 0.4) is 0 Å². The zero-order chi connectivity index (χ0) is 16.2. The Morgan fingerprint density at radius 2 is 1.77 bits per heavy atom. The second-order valence-corrected chi connectivity index (χ2v) is 4.74. The van der Waals surface area contributed by atoms with Gasteiger partial charge in [0, 0.05) is 5.92 Å². The third-order valence-corrected chi connectivity index (χ3v) is 3.18. The van der Waals surface area contributed by atoms with Crippen molar-refractivity contribution >= 4 is 0 Å². The molecule has 1 unspecified atom stereocenters. The maximum Gasteiger partial charge on any atom is 0.416 e. The molecule has 6 heteroatoms. The number of rotatable bonds is 5. The van der Waals surface area contributed by atoms with Crippen LogP contribution in [0.1, 0.15) is 17.0 Å². The molecule has 2 aromatic rings. The van der Waals surface area contributed by atoms with Gasteiger partial charge in [0.1, 0.15) is 0 Å². The van der Waals surface area contributed by atoms with E-state index in [-0.39, 0.29) is 17.9 Å². The number of aliphatic hydroxyl groups is 1. The Bertz CT molecular complexity index is 626. The van der Waals surface area contributed by atoms with Gasteiger partial charge in [-0.2, -0.15) is 13.2 Å². The Labute approximate surface area is 125 Å². The molecule has 0 spiro atoms. The first-order valence-electron chi connectivity index (χ1n) is 6.57. The van der Waals surface area contributed by atoms with Crippen molar-refractivity contribution in [3.8, 4) is 5.75 Å². The summed E-state index contributed by atoms with van der Waals surface area (Å²) >= 11 is 0. The van der Waals surface area contributed by atoms with Gasteiger partial charge in [0.25, 0.3) is 0 Å². The molecule has 0 saturated carbocycles. The maximum absolute atomic E-state index is 13.4. The Balaban J connectivity index is 2.14. The van der Waals surface area contributed by atoms with Gasteiger partial charge < -0.3 is 9.84 Å². The summed E-state index contributed by atoms with van der Waals surface area (Å²) in [5, 5.41) is 9.37. The van der Waals surface area contributed by atoms with Crippen molar-refractivity contribution in [3.05, 3.63) is 65.5 Å². The molecule has 0 aliphatic heterocycles. The third-order valence-electron chi connectivity index (χ3n) is 3.18. The van der Waals surface area contributed by atoms with E-state index in [4.69, 9.17) is 4.74 Å². The van der Waals surface area contributed by atoms with E-state index in [0.29, 0.717) is 0 Å². The lowest BCUT2D eigenvalue weighted by Crippen LogP contribution is -2.16. The van der Waals surface area contributed by atoms with Crippen molar-refractivity contribution in [1.82, 2.24) is 0 Å². The SMILES string of the molecule is OCC(COc1ccccc1F)c1cccc(C(F)(F)F)c1. The van der Waals surface area contributed by atoms with Gasteiger partial charge in [-0.3, -0.25) is 0 Å². The van der Waals surface area contributed by atoms with Gasteiger partial charge in [0.15, 0.2) is 11.6 Å². The lowest BCUT2D eigenvalue weighted by molar-refractivity contribution is -0.137. The van der Waals surface area contributed by atoms with Crippen molar-refractivity contribution < 1.29 is 27.4 Å². The van der Waals surface area contributed by atoms with E-state index in [9.17, 15) is 22.7 Å². The highest BCUT2D eigenvalue weighted by Gasteiger charge is 2.31. The van der Waals surface area contributed by atoms with Crippen LogP contribution in [0, 0.1) is 5.82 Å². The molecule has 0 fully saturated rings. The van der Waals surface area contributed by atoms with Crippen LogP contribution in [-0.2, 0) is 6.18 Å². The fourth-order valence-electron chi connectivity index (χ4n) is 1.98. The standard InChI is InChI=1S/C16H14F4O2/c17-14-6-1-2-7-15(14)22-10-12(9-21)11-4-3-5-13(8-11)16(18,19)20/h1-8,12,21H,9-10H2. The summed E-state index contributed by atoms with van der Waals surface area (Å²) in [4.78, 5) is 0. The molecule has 2 rings (SSSR count). The predicted octanol–water partition coefficient (Wildman–Crippen LogP) is 4.00. The largest absolute Gasteiger partial charge is 0.490 e. The van der Waals surface area contributed by atoms with Gasteiger partial charge in [0.05, 0.1) is 18.8 Å². The molecule has 0 aromatic heterocycles. The lowest BCUT2D eigenvalue weighted by atomic mass is 9.98. The lowest BCUT2D eigenvalue weighted by Gasteiger charge is -2.17. The minimum Gasteiger partial charge on any atom is -0.490 e. The summed E-state index contributed by atoms with van der Waals surface area (Å²) in [6, 6.07) is 10.4. The molecule has 0 amide bonds. The van der Waals surface area contributed by atoms with Crippen LogP contribution < -0.4 is 4.74 Å². The molecule has 2 nitrogen and oxygen atoms in total. The van der Waals surface area contributed by atoms with Crippen LogP contribution in [0.2, 0.25) is 0 Å². The summed E-state index contributed by atoms with van der Waals surface area (Å²) < 4.78 is 56.8. The number of aliphatic hydroxyl groups excluding tert-OH is 1. The van der Waals surface area contributed by atoms with E-state index in [0.717, 1.165) is 12.1 Å². The van der Waals surface area contributed by atoms with Crippen LogP contribution >= 0.6 is 0 Å². The summed E-state index contributed by atoms with van der Waals surface area (Å²) in [5.41, 5.74) is -0.511. The Kier molecular flexibility index (Phi) is 5.03. The number of benzene rings is 2. The number of halogens is 4. The second kappa shape index (κ2) is 6.79. The van der Waals surface area contributed by atoms with Crippen molar-refractivity contribution in [2.24, 2.45) is 0 Å². The van der Waals surface area contributed by atoms with Crippen molar-refractivity contribution in [2.45, 2.75) is 12.1 Å². The molecular formula is C16H14F4O2. The summed E-state index contributed by atoms with van der Waals surface area (Å²) in [6.45, 7) is -0.533. The first kappa shape index (κ1) is 16.3. The van der Waals surface area contributed by atoms with Crippen molar-refractivity contribution in [3.63, 3.8) is 0 Å². The highest BCUT2D eigenvalue weighted by Crippen LogP contribution is 2.31. The fourth-order valence-corrected chi connectivity index (χ4v) is 1.98. The zero-order valence-electron chi connectivity index (χ0n) is 11.5. The van der Waals surface area contributed by atoms with Gasteiger partial charge in [-0.05, 0) is 23.8 Å². The zero-order valence-corrected chi connectivity index (χ0v) is 11.5. The van der Waals surface area contributed by atoms with Crippen molar-refractivity contribution in [1.29, 1.82) is 0 Å². The first-order valence-corrected chi connectivity index (χ1v) is 6.57. The minimum atomic E-state index is -4.46. The minimum absolute atomic E-state index is 0.00655. The van der Waals surface area contributed by atoms with Gasteiger partial charge >= 0.3 is 6.18 Å². The van der Waals surface area contributed by atoms with E-state index < -0.39 is 30.1 Å². The van der Waals surface area contributed by atoms with E-state index in [1.54, 1.807) is 6.07 Å². The Morgan fingerprint density at radius 1 is 1.05 bits per heavy atom. The molecule has 0 radical (unpaired) electrons. The number of para-hydroxylation sites is 1. The summed E-state index contributed by atoms with van der Waals surface area (Å²) in [5.74, 6) is -1.25. The van der Waals surface area contributed by atoms with Gasteiger partial charge in [0.2, 0.25) is 0 Å². The molecule has 118 valence electrons. The number of hydrogen-bond donors (Lipinski definition) is 1.